The smallest absolute Gasteiger partial charge is 0.311 e. The Morgan fingerprint density at radius 3 is 2.59 bits per heavy atom. The van der Waals surface area contributed by atoms with E-state index in [0.29, 0.717) is 12.0 Å². The fraction of sp³-hybridized carbons (Fsp3) is 0.538. The topological polar surface area (TPSA) is 12.0 Å². The Hall–Kier alpha value is -1.03. The Bertz CT molecular complexity index is 392. The van der Waals surface area contributed by atoms with Gasteiger partial charge in [0.2, 0.25) is 0 Å². The first-order chi connectivity index (χ1) is 7.91. The molecule has 1 heterocycles. The van der Waals surface area contributed by atoms with Crippen molar-refractivity contribution < 1.29 is 13.2 Å². The van der Waals surface area contributed by atoms with Crippen molar-refractivity contribution in [3.8, 4) is 0 Å². The number of alkyl halides is 3. The number of rotatable bonds is 2. The minimum atomic E-state index is -4.26. The van der Waals surface area contributed by atoms with Crippen molar-refractivity contribution in [2.24, 2.45) is 0 Å². The van der Waals surface area contributed by atoms with Gasteiger partial charge in [-0.05, 0) is 44.4 Å². The lowest BCUT2D eigenvalue weighted by atomic mass is 9.89. The standard InChI is InChI=1S/C13H16F3N/c1-12(7-4-8-17-12)9-10-5-2-3-6-11(10)13(14,15)16/h2-3,5-6,17H,4,7-9H2,1H3/t12-/m1/s1. The van der Waals surface area contributed by atoms with E-state index in [4.69, 9.17) is 0 Å². The van der Waals surface area contributed by atoms with E-state index >= 15 is 0 Å². The Balaban J connectivity index is 2.26. The molecule has 94 valence electrons. The average Bonchev–Trinajstić information content (AvgIpc) is 2.64. The highest BCUT2D eigenvalue weighted by Crippen LogP contribution is 2.34. The lowest BCUT2D eigenvalue weighted by Gasteiger charge is -2.26. The van der Waals surface area contributed by atoms with Crippen molar-refractivity contribution >= 4 is 0 Å². The fourth-order valence-corrected chi connectivity index (χ4v) is 2.48. The zero-order valence-electron chi connectivity index (χ0n) is 9.77. The van der Waals surface area contributed by atoms with Gasteiger partial charge in [-0.2, -0.15) is 13.2 Å². The molecule has 0 aromatic heterocycles. The van der Waals surface area contributed by atoms with E-state index in [0.717, 1.165) is 25.5 Å². The first-order valence-corrected chi connectivity index (χ1v) is 5.81. The molecule has 0 amide bonds. The zero-order chi connectivity index (χ0) is 12.5. The van der Waals surface area contributed by atoms with E-state index in [1.807, 2.05) is 6.92 Å². The third kappa shape index (κ3) is 2.80. The summed E-state index contributed by atoms with van der Waals surface area (Å²) in [4.78, 5) is 0. The quantitative estimate of drug-likeness (QED) is 0.839. The first-order valence-electron chi connectivity index (χ1n) is 5.81. The summed E-state index contributed by atoms with van der Waals surface area (Å²) in [5, 5.41) is 3.29. The third-order valence-corrected chi connectivity index (χ3v) is 3.36. The number of nitrogens with one attached hydrogen (secondary N) is 1. The van der Waals surface area contributed by atoms with Crippen LogP contribution in [0, 0.1) is 0 Å². The van der Waals surface area contributed by atoms with Gasteiger partial charge in [0, 0.05) is 5.54 Å². The Morgan fingerprint density at radius 1 is 1.29 bits per heavy atom. The molecule has 1 fully saturated rings. The highest BCUT2D eigenvalue weighted by molar-refractivity contribution is 5.31. The molecule has 1 aromatic carbocycles. The molecule has 1 saturated heterocycles. The van der Waals surface area contributed by atoms with Crippen LogP contribution < -0.4 is 5.32 Å². The van der Waals surface area contributed by atoms with Crippen LogP contribution in [0.25, 0.3) is 0 Å². The first kappa shape index (κ1) is 12.4. The average molecular weight is 243 g/mol. The normalized spacial score (nSPS) is 25.2. The largest absolute Gasteiger partial charge is 0.416 e. The zero-order valence-corrected chi connectivity index (χ0v) is 9.77. The van der Waals surface area contributed by atoms with Gasteiger partial charge in [-0.3, -0.25) is 0 Å². The maximum atomic E-state index is 12.8. The summed E-state index contributed by atoms with van der Waals surface area (Å²) < 4.78 is 38.5. The van der Waals surface area contributed by atoms with E-state index < -0.39 is 11.7 Å². The number of benzene rings is 1. The van der Waals surface area contributed by atoms with Gasteiger partial charge in [-0.15, -0.1) is 0 Å². The van der Waals surface area contributed by atoms with Crippen molar-refractivity contribution in [3.63, 3.8) is 0 Å². The van der Waals surface area contributed by atoms with Gasteiger partial charge in [0.05, 0.1) is 5.56 Å². The minimum absolute atomic E-state index is 0.193. The maximum Gasteiger partial charge on any atom is 0.416 e. The van der Waals surface area contributed by atoms with Crippen molar-refractivity contribution in [1.29, 1.82) is 0 Å². The second-order valence-corrected chi connectivity index (χ2v) is 4.92. The van der Waals surface area contributed by atoms with Crippen molar-refractivity contribution in [2.75, 3.05) is 6.54 Å². The summed E-state index contributed by atoms with van der Waals surface area (Å²) in [5.41, 5.74) is -0.312. The lowest BCUT2D eigenvalue weighted by Crippen LogP contribution is -2.38. The van der Waals surface area contributed by atoms with Gasteiger partial charge in [0.15, 0.2) is 0 Å². The van der Waals surface area contributed by atoms with Crippen LogP contribution in [0.5, 0.6) is 0 Å². The molecule has 0 aliphatic carbocycles. The van der Waals surface area contributed by atoms with Gasteiger partial charge < -0.3 is 5.32 Å². The molecule has 1 aromatic rings. The summed E-state index contributed by atoms with van der Waals surface area (Å²) in [5.74, 6) is 0. The number of hydrogen-bond acceptors (Lipinski definition) is 1. The Morgan fingerprint density at radius 2 is 2.00 bits per heavy atom. The van der Waals surface area contributed by atoms with Gasteiger partial charge in [0.25, 0.3) is 0 Å². The summed E-state index contributed by atoms with van der Waals surface area (Å²) in [6.45, 7) is 2.89. The number of halogens is 3. The summed E-state index contributed by atoms with van der Waals surface area (Å²) in [6, 6.07) is 5.85. The summed E-state index contributed by atoms with van der Waals surface area (Å²) in [7, 11) is 0. The van der Waals surface area contributed by atoms with Gasteiger partial charge in [-0.25, -0.2) is 0 Å². The lowest BCUT2D eigenvalue weighted by molar-refractivity contribution is -0.138. The van der Waals surface area contributed by atoms with Crippen LogP contribution >= 0.6 is 0 Å². The third-order valence-electron chi connectivity index (χ3n) is 3.36. The van der Waals surface area contributed by atoms with E-state index in [1.54, 1.807) is 12.1 Å². The van der Waals surface area contributed by atoms with Crippen LogP contribution in [0.1, 0.15) is 30.9 Å². The Labute approximate surface area is 99.0 Å². The van der Waals surface area contributed by atoms with E-state index in [1.165, 1.54) is 6.07 Å². The van der Waals surface area contributed by atoms with Crippen molar-refractivity contribution in [3.05, 3.63) is 35.4 Å². The molecular weight excluding hydrogens is 227 g/mol. The molecule has 1 nitrogen and oxygen atoms in total. The van der Waals surface area contributed by atoms with Gasteiger partial charge in [0.1, 0.15) is 0 Å². The molecule has 4 heteroatoms. The molecule has 1 aliphatic rings. The molecule has 0 saturated carbocycles. The van der Waals surface area contributed by atoms with Crippen LogP contribution in [0.3, 0.4) is 0 Å². The van der Waals surface area contributed by atoms with Crippen molar-refractivity contribution in [2.45, 2.75) is 37.9 Å². The van der Waals surface area contributed by atoms with Crippen molar-refractivity contribution in [1.82, 2.24) is 5.32 Å². The monoisotopic (exact) mass is 243 g/mol. The molecule has 0 radical (unpaired) electrons. The molecule has 0 spiro atoms. The molecule has 2 rings (SSSR count). The highest BCUT2D eigenvalue weighted by atomic mass is 19.4. The fourth-order valence-electron chi connectivity index (χ4n) is 2.48. The van der Waals surface area contributed by atoms with Crippen LogP contribution in [-0.2, 0) is 12.6 Å². The molecular formula is C13H16F3N. The predicted octanol–water partition coefficient (Wildman–Crippen LogP) is 3.39. The second-order valence-electron chi connectivity index (χ2n) is 4.92. The molecule has 1 N–H and O–H groups in total. The highest BCUT2D eigenvalue weighted by Gasteiger charge is 2.36. The second kappa shape index (κ2) is 4.33. The molecule has 1 atom stereocenters. The maximum absolute atomic E-state index is 12.8. The summed E-state index contributed by atoms with van der Waals surface area (Å²) >= 11 is 0. The summed E-state index contributed by atoms with van der Waals surface area (Å²) in [6.07, 6.45) is -1.86. The Kier molecular flexibility index (Phi) is 3.17. The van der Waals surface area contributed by atoms with E-state index in [2.05, 4.69) is 5.32 Å². The van der Waals surface area contributed by atoms with Gasteiger partial charge >= 0.3 is 6.18 Å². The van der Waals surface area contributed by atoms with E-state index in [-0.39, 0.29) is 5.54 Å². The predicted molar refractivity (Wildman–Crippen MR) is 60.8 cm³/mol. The van der Waals surface area contributed by atoms with Crippen LogP contribution in [-0.4, -0.2) is 12.1 Å². The molecule has 0 unspecified atom stereocenters. The van der Waals surface area contributed by atoms with Crippen LogP contribution in [0.4, 0.5) is 13.2 Å². The molecule has 17 heavy (non-hydrogen) atoms. The van der Waals surface area contributed by atoms with Crippen LogP contribution in [0.2, 0.25) is 0 Å². The molecule has 0 bridgehead atoms. The van der Waals surface area contributed by atoms with Gasteiger partial charge in [-0.1, -0.05) is 18.2 Å². The molecule has 1 aliphatic heterocycles. The minimum Gasteiger partial charge on any atom is -0.311 e. The van der Waals surface area contributed by atoms with Crippen LogP contribution in [0.15, 0.2) is 24.3 Å². The SMILES string of the molecule is C[C@]1(Cc2ccccc2C(F)(F)F)CCCN1. The van der Waals surface area contributed by atoms with E-state index in [9.17, 15) is 13.2 Å². The number of hydrogen-bond donors (Lipinski definition) is 1.